The summed E-state index contributed by atoms with van der Waals surface area (Å²) in [4.78, 5) is 8.64. The Bertz CT molecular complexity index is 735. The normalized spacial score (nSPS) is 10.6. The average Bonchev–Trinajstić information content (AvgIpc) is 2.95. The Balaban J connectivity index is 1.88. The number of hydrogen-bond acceptors (Lipinski definition) is 5. The zero-order valence-corrected chi connectivity index (χ0v) is 11.9. The Morgan fingerprint density at radius 1 is 1.14 bits per heavy atom. The molecule has 106 valence electrons. The molecule has 0 aliphatic heterocycles. The van der Waals surface area contributed by atoms with Crippen molar-refractivity contribution < 1.29 is 9.26 Å². The predicted molar refractivity (Wildman–Crippen MR) is 78.9 cm³/mol. The minimum atomic E-state index is 0.481. The number of ether oxygens (including phenoxy) is 1. The minimum absolute atomic E-state index is 0.481. The highest BCUT2D eigenvalue weighted by atomic mass is 16.5. The van der Waals surface area contributed by atoms with Gasteiger partial charge in [-0.2, -0.15) is 4.98 Å². The van der Waals surface area contributed by atoms with Crippen molar-refractivity contribution >= 4 is 0 Å². The SMILES string of the molecule is CCOc1cccc(-c2ccc(-c3nc(C)no3)cn2)c1. The van der Waals surface area contributed by atoms with Crippen LogP contribution in [0.3, 0.4) is 0 Å². The van der Waals surface area contributed by atoms with Crippen molar-refractivity contribution in [2.24, 2.45) is 0 Å². The van der Waals surface area contributed by atoms with E-state index >= 15 is 0 Å². The van der Waals surface area contributed by atoms with Crippen LogP contribution in [0.2, 0.25) is 0 Å². The zero-order chi connectivity index (χ0) is 14.7. The van der Waals surface area contributed by atoms with Crippen LogP contribution in [0.25, 0.3) is 22.7 Å². The summed E-state index contributed by atoms with van der Waals surface area (Å²) in [6.07, 6.45) is 1.73. The first-order valence-electron chi connectivity index (χ1n) is 6.76. The zero-order valence-electron chi connectivity index (χ0n) is 11.9. The van der Waals surface area contributed by atoms with Crippen LogP contribution in [0, 0.1) is 6.92 Å². The van der Waals surface area contributed by atoms with E-state index in [4.69, 9.17) is 9.26 Å². The van der Waals surface area contributed by atoms with Crippen LogP contribution in [-0.2, 0) is 0 Å². The molecule has 0 bridgehead atoms. The molecule has 0 radical (unpaired) electrons. The number of hydrogen-bond donors (Lipinski definition) is 0. The summed E-state index contributed by atoms with van der Waals surface area (Å²) < 4.78 is 10.6. The molecule has 0 fully saturated rings. The molecule has 0 unspecified atom stereocenters. The lowest BCUT2D eigenvalue weighted by atomic mass is 10.1. The highest BCUT2D eigenvalue weighted by Crippen LogP contribution is 2.24. The maximum absolute atomic E-state index is 5.50. The van der Waals surface area contributed by atoms with E-state index in [1.54, 1.807) is 13.1 Å². The van der Waals surface area contributed by atoms with E-state index < -0.39 is 0 Å². The van der Waals surface area contributed by atoms with Crippen molar-refractivity contribution in [1.29, 1.82) is 0 Å². The monoisotopic (exact) mass is 281 g/mol. The van der Waals surface area contributed by atoms with Crippen molar-refractivity contribution in [2.75, 3.05) is 6.61 Å². The Kier molecular flexibility index (Phi) is 3.64. The lowest BCUT2D eigenvalue weighted by molar-refractivity contribution is 0.340. The highest BCUT2D eigenvalue weighted by molar-refractivity contribution is 5.63. The van der Waals surface area contributed by atoms with Gasteiger partial charge in [-0.15, -0.1) is 0 Å². The van der Waals surface area contributed by atoms with Gasteiger partial charge in [-0.25, -0.2) is 0 Å². The number of pyridine rings is 1. The van der Waals surface area contributed by atoms with Crippen LogP contribution in [0.15, 0.2) is 47.1 Å². The first-order valence-corrected chi connectivity index (χ1v) is 6.76. The Morgan fingerprint density at radius 2 is 2.05 bits per heavy atom. The minimum Gasteiger partial charge on any atom is -0.494 e. The molecule has 0 amide bonds. The van der Waals surface area contributed by atoms with Gasteiger partial charge >= 0.3 is 0 Å². The van der Waals surface area contributed by atoms with Crippen molar-refractivity contribution in [3.63, 3.8) is 0 Å². The fraction of sp³-hybridized carbons (Fsp3) is 0.188. The molecule has 0 spiro atoms. The predicted octanol–water partition coefficient (Wildman–Crippen LogP) is 3.51. The number of aromatic nitrogens is 3. The molecular weight excluding hydrogens is 266 g/mol. The topological polar surface area (TPSA) is 61.0 Å². The third-order valence-corrected chi connectivity index (χ3v) is 2.98. The molecule has 0 saturated carbocycles. The van der Waals surface area contributed by atoms with E-state index in [0.717, 1.165) is 22.6 Å². The van der Waals surface area contributed by atoms with Crippen LogP contribution >= 0.6 is 0 Å². The van der Waals surface area contributed by atoms with E-state index in [2.05, 4.69) is 15.1 Å². The van der Waals surface area contributed by atoms with Gasteiger partial charge in [-0.05, 0) is 38.1 Å². The van der Waals surface area contributed by atoms with Gasteiger partial charge in [0.25, 0.3) is 5.89 Å². The largest absolute Gasteiger partial charge is 0.494 e. The van der Waals surface area contributed by atoms with Gasteiger partial charge in [0.15, 0.2) is 5.82 Å². The van der Waals surface area contributed by atoms with Gasteiger partial charge in [-0.1, -0.05) is 17.3 Å². The standard InChI is InChI=1S/C16H15N3O2/c1-3-20-14-6-4-5-12(9-14)15-8-7-13(10-17-15)16-18-11(2)19-21-16/h4-10H,3H2,1-2H3. The van der Waals surface area contributed by atoms with E-state index in [1.165, 1.54) is 0 Å². The first-order chi connectivity index (χ1) is 10.3. The quantitative estimate of drug-likeness (QED) is 0.732. The summed E-state index contributed by atoms with van der Waals surface area (Å²) >= 11 is 0. The lowest BCUT2D eigenvalue weighted by Crippen LogP contribution is -1.92. The van der Waals surface area contributed by atoms with Gasteiger partial charge in [-0.3, -0.25) is 4.98 Å². The van der Waals surface area contributed by atoms with Gasteiger partial charge < -0.3 is 9.26 Å². The second-order valence-corrected chi connectivity index (χ2v) is 4.54. The fourth-order valence-electron chi connectivity index (χ4n) is 2.02. The second kappa shape index (κ2) is 5.75. The number of nitrogens with zero attached hydrogens (tertiary/aromatic N) is 3. The summed E-state index contributed by atoms with van der Waals surface area (Å²) in [6, 6.07) is 11.7. The molecule has 0 aliphatic carbocycles. The van der Waals surface area contributed by atoms with Gasteiger partial charge in [0.2, 0.25) is 0 Å². The van der Waals surface area contributed by atoms with Crippen molar-refractivity contribution in [3.8, 4) is 28.5 Å². The van der Waals surface area contributed by atoms with Crippen molar-refractivity contribution in [3.05, 3.63) is 48.4 Å². The summed E-state index contributed by atoms with van der Waals surface area (Å²) in [5.41, 5.74) is 2.69. The van der Waals surface area contributed by atoms with E-state index in [9.17, 15) is 0 Å². The molecule has 0 saturated heterocycles. The van der Waals surface area contributed by atoms with E-state index in [0.29, 0.717) is 18.3 Å². The van der Waals surface area contributed by atoms with Crippen LogP contribution in [0.5, 0.6) is 5.75 Å². The average molecular weight is 281 g/mol. The first kappa shape index (κ1) is 13.3. The Morgan fingerprint density at radius 3 is 2.71 bits per heavy atom. The highest BCUT2D eigenvalue weighted by Gasteiger charge is 2.07. The molecule has 2 aromatic heterocycles. The van der Waals surface area contributed by atoms with Crippen LogP contribution < -0.4 is 4.74 Å². The lowest BCUT2D eigenvalue weighted by Gasteiger charge is -2.06. The molecule has 0 N–H and O–H groups in total. The second-order valence-electron chi connectivity index (χ2n) is 4.54. The molecule has 2 heterocycles. The van der Waals surface area contributed by atoms with E-state index in [-0.39, 0.29) is 0 Å². The molecule has 21 heavy (non-hydrogen) atoms. The third kappa shape index (κ3) is 2.91. The van der Waals surface area contributed by atoms with E-state index in [1.807, 2.05) is 43.3 Å². The third-order valence-electron chi connectivity index (χ3n) is 2.98. The molecule has 0 aliphatic rings. The fourth-order valence-corrected chi connectivity index (χ4v) is 2.02. The summed E-state index contributed by atoms with van der Waals surface area (Å²) in [6.45, 7) is 4.40. The van der Waals surface area contributed by atoms with Crippen LogP contribution in [0.1, 0.15) is 12.7 Å². The van der Waals surface area contributed by atoms with Crippen molar-refractivity contribution in [1.82, 2.24) is 15.1 Å². The summed E-state index contributed by atoms with van der Waals surface area (Å²) in [5, 5.41) is 3.78. The molecule has 5 nitrogen and oxygen atoms in total. The van der Waals surface area contributed by atoms with Gasteiger partial charge in [0, 0.05) is 11.8 Å². The summed E-state index contributed by atoms with van der Waals surface area (Å²) in [5.74, 6) is 1.93. The smallest absolute Gasteiger partial charge is 0.259 e. The number of aryl methyl sites for hydroxylation is 1. The molecule has 3 aromatic rings. The molecular formula is C16H15N3O2. The van der Waals surface area contributed by atoms with Crippen LogP contribution in [-0.4, -0.2) is 21.7 Å². The van der Waals surface area contributed by atoms with Gasteiger partial charge in [0.1, 0.15) is 5.75 Å². The molecule has 1 aromatic carbocycles. The maximum Gasteiger partial charge on any atom is 0.259 e. The number of rotatable bonds is 4. The Labute approximate surface area is 122 Å². The molecule has 3 rings (SSSR count). The summed E-state index contributed by atoms with van der Waals surface area (Å²) in [7, 11) is 0. The maximum atomic E-state index is 5.50. The molecule has 0 atom stereocenters. The number of benzene rings is 1. The van der Waals surface area contributed by atoms with Crippen molar-refractivity contribution in [2.45, 2.75) is 13.8 Å². The van der Waals surface area contributed by atoms with Crippen LogP contribution in [0.4, 0.5) is 0 Å². The van der Waals surface area contributed by atoms with Gasteiger partial charge in [0.05, 0.1) is 17.9 Å². The molecule has 5 heteroatoms. The Hall–Kier alpha value is -2.69.